The molecule has 3 N–H and O–H groups in total. The third kappa shape index (κ3) is 4.64. The molecule has 0 spiro atoms. The fourth-order valence-electron chi connectivity index (χ4n) is 2.83. The van der Waals surface area contributed by atoms with Crippen LogP contribution < -0.4 is 0 Å². The molecule has 0 saturated carbocycles. The maximum Gasteiger partial charge on any atom is 0.303 e. The highest BCUT2D eigenvalue weighted by molar-refractivity contribution is 8.00. The van der Waals surface area contributed by atoms with Crippen LogP contribution in [0.5, 0.6) is 11.5 Å². The fraction of sp³-hybridized carbons (Fsp3) is 0.471. The molecule has 1 unspecified atom stereocenters. The molecular weight excluding hydrogens is 380 g/mol. The molecule has 1 aromatic carbocycles. The Labute approximate surface area is 159 Å². The van der Waals surface area contributed by atoms with E-state index in [1.807, 2.05) is 0 Å². The molecule has 0 aliphatic carbocycles. The summed E-state index contributed by atoms with van der Waals surface area (Å²) in [6, 6.07) is 3.50. The van der Waals surface area contributed by atoms with Gasteiger partial charge in [0.2, 0.25) is 0 Å². The number of hydrogen-bond donors (Lipinski definition) is 3. The number of aromatic hydroxyl groups is 2. The summed E-state index contributed by atoms with van der Waals surface area (Å²) in [5, 5.41) is 30.9. The molecule has 1 fully saturated rings. The van der Waals surface area contributed by atoms with E-state index in [4.69, 9.17) is 14.2 Å². The van der Waals surface area contributed by atoms with Gasteiger partial charge in [-0.2, -0.15) is 0 Å². The highest BCUT2D eigenvalue weighted by Crippen LogP contribution is 2.49. The molecule has 1 aliphatic heterocycles. The summed E-state index contributed by atoms with van der Waals surface area (Å²) in [4.78, 5) is 32.6. The minimum atomic E-state index is -2.03. The van der Waals surface area contributed by atoms with E-state index in [0.29, 0.717) is 0 Å². The van der Waals surface area contributed by atoms with E-state index < -0.39 is 46.9 Å². The maximum atomic E-state index is 11.6. The smallest absolute Gasteiger partial charge is 0.303 e. The van der Waals surface area contributed by atoms with Gasteiger partial charge in [0, 0.05) is 38.2 Å². The molecule has 27 heavy (non-hydrogen) atoms. The van der Waals surface area contributed by atoms with Gasteiger partial charge < -0.3 is 29.5 Å². The van der Waals surface area contributed by atoms with Gasteiger partial charge in [-0.05, 0) is 12.1 Å². The molecule has 0 aromatic heterocycles. The number of carbonyl (C=O) groups excluding carboxylic acids is 3. The lowest BCUT2D eigenvalue weighted by Crippen LogP contribution is -2.58. The highest BCUT2D eigenvalue weighted by atomic mass is 32.2. The molecule has 0 radical (unpaired) electrons. The van der Waals surface area contributed by atoms with Gasteiger partial charge in [-0.15, -0.1) is 11.8 Å². The first-order valence-corrected chi connectivity index (χ1v) is 8.93. The summed E-state index contributed by atoms with van der Waals surface area (Å²) in [5.74, 6) is -2.85. The van der Waals surface area contributed by atoms with Crippen LogP contribution in [-0.2, 0) is 33.5 Å². The van der Waals surface area contributed by atoms with E-state index in [-0.39, 0.29) is 17.1 Å². The molecule has 0 amide bonds. The number of thioether (sulfide) groups is 1. The SMILES string of the molecule is CC(=O)O[C@@H]1[C@@H](OC(C)=O)C(O)(c2ccc(O)cc2O)SC[C@H]1OC(C)=O. The van der Waals surface area contributed by atoms with Crippen molar-refractivity contribution in [2.75, 3.05) is 5.75 Å². The molecule has 1 saturated heterocycles. The van der Waals surface area contributed by atoms with E-state index in [9.17, 15) is 29.7 Å². The summed E-state index contributed by atoms with van der Waals surface area (Å²) in [7, 11) is 0. The molecule has 10 heteroatoms. The number of aliphatic hydroxyl groups is 1. The van der Waals surface area contributed by atoms with Crippen molar-refractivity contribution in [1.29, 1.82) is 0 Å². The third-order valence-electron chi connectivity index (χ3n) is 3.80. The van der Waals surface area contributed by atoms with Gasteiger partial charge in [-0.25, -0.2) is 0 Å². The summed E-state index contributed by atoms with van der Waals surface area (Å²) >= 11 is 0.838. The maximum absolute atomic E-state index is 11.6. The van der Waals surface area contributed by atoms with E-state index in [0.717, 1.165) is 31.7 Å². The van der Waals surface area contributed by atoms with E-state index in [1.165, 1.54) is 19.1 Å². The van der Waals surface area contributed by atoms with Gasteiger partial charge in [-0.1, -0.05) is 0 Å². The van der Waals surface area contributed by atoms with Crippen molar-refractivity contribution in [3.8, 4) is 11.5 Å². The van der Waals surface area contributed by atoms with E-state index >= 15 is 0 Å². The van der Waals surface area contributed by atoms with Gasteiger partial charge >= 0.3 is 17.9 Å². The van der Waals surface area contributed by atoms with Crippen LogP contribution in [0.1, 0.15) is 26.3 Å². The van der Waals surface area contributed by atoms with Gasteiger partial charge in [-0.3, -0.25) is 14.4 Å². The zero-order valence-corrected chi connectivity index (χ0v) is 15.7. The largest absolute Gasteiger partial charge is 0.508 e. The molecule has 9 nitrogen and oxygen atoms in total. The van der Waals surface area contributed by atoms with Crippen LogP contribution in [0.4, 0.5) is 0 Å². The number of phenols is 2. The summed E-state index contributed by atoms with van der Waals surface area (Å²) in [6.07, 6.45) is -3.78. The molecule has 1 aliphatic rings. The number of hydrogen-bond acceptors (Lipinski definition) is 10. The molecule has 0 bridgehead atoms. The molecule has 4 atom stereocenters. The topological polar surface area (TPSA) is 140 Å². The first-order valence-electron chi connectivity index (χ1n) is 7.95. The Morgan fingerprint density at radius 2 is 1.63 bits per heavy atom. The molecule has 2 rings (SSSR count). The van der Waals surface area contributed by atoms with Crippen molar-refractivity contribution >= 4 is 29.7 Å². The minimum Gasteiger partial charge on any atom is -0.508 e. The first-order chi connectivity index (χ1) is 12.5. The molecule has 1 heterocycles. The van der Waals surface area contributed by atoms with Crippen LogP contribution in [0.15, 0.2) is 18.2 Å². The monoisotopic (exact) mass is 400 g/mol. The first kappa shape index (κ1) is 20.8. The number of benzene rings is 1. The van der Waals surface area contributed by atoms with Crippen LogP contribution in [0.2, 0.25) is 0 Å². The molecule has 148 valence electrons. The van der Waals surface area contributed by atoms with Crippen molar-refractivity contribution in [3.05, 3.63) is 23.8 Å². The van der Waals surface area contributed by atoms with Crippen molar-refractivity contribution < 1.29 is 43.9 Å². The second-order valence-corrected chi connectivity index (χ2v) is 7.21. The van der Waals surface area contributed by atoms with Crippen molar-refractivity contribution in [2.45, 2.75) is 44.0 Å². The Kier molecular flexibility index (Phi) is 6.22. The normalized spacial score (nSPS) is 27.5. The molecule has 1 aromatic rings. The second-order valence-electron chi connectivity index (χ2n) is 5.96. The summed E-state index contributed by atoms with van der Waals surface area (Å²) in [5.41, 5.74) is -0.0602. The predicted octanol–water partition coefficient (Wildman–Crippen LogP) is 0.785. The van der Waals surface area contributed by atoms with Gasteiger partial charge in [0.15, 0.2) is 23.2 Å². The lowest BCUT2D eigenvalue weighted by molar-refractivity contribution is -0.197. The van der Waals surface area contributed by atoms with Crippen molar-refractivity contribution in [2.24, 2.45) is 0 Å². The molecular formula is C17H20O9S. The Bertz CT molecular complexity index is 750. The minimum absolute atomic E-state index is 0.00783. The predicted molar refractivity (Wildman–Crippen MR) is 92.8 cm³/mol. The quantitative estimate of drug-likeness (QED) is 0.491. The van der Waals surface area contributed by atoms with Crippen LogP contribution >= 0.6 is 11.8 Å². The van der Waals surface area contributed by atoms with Crippen LogP contribution in [0.3, 0.4) is 0 Å². The van der Waals surface area contributed by atoms with Gasteiger partial charge in [0.1, 0.15) is 11.5 Å². The van der Waals surface area contributed by atoms with Gasteiger partial charge in [0.05, 0.1) is 0 Å². The standard InChI is InChI=1S/C17H20O9S/c1-8(18)24-14-7-27-17(23,12-5-4-11(21)6-13(12)22)16(26-10(3)20)15(14)25-9(2)19/h4-6,14-16,21-23H,7H2,1-3H3/t14-,15+,16-,17?/m1/s1. The zero-order chi connectivity index (χ0) is 20.4. The fourth-order valence-corrected chi connectivity index (χ4v) is 4.18. The van der Waals surface area contributed by atoms with Crippen LogP contribution in [-0.4, -0.2) is 57.3 Å². The van der Waals surface area contributed by atoms with E-state index in [2.05, 4.69) is 0 Å². The Morgan fingerprint density at radius 1 is 1.04 bits per heavy atom. The van der Waals surface area contributed by atoms with Gasteiger partial charge in [0.25, 0.3) is 0 Å². The van der Waals surface area contributed by atoms with Crippen molar-refractivity contribution in [3.63, 3.8) is 0 Å². The third-order valence-corrected chi connectivity index (χ3v) is 5.19. The number of rotatable bonds is 4. The average Bonchev–Trinajstić information content (AvgIpc) is 2.52. The Balaban J connectivity index is 2.54. The number of esters is 3. The number of phenolic OH excluding ortho intramolecular Hbond substituents is 2. The second kappa shape index (κ2) is 8.05. The van der Waals surface area contributed by atoms with Crippen LogP contribution in [0.25, 0.3) is 0 Å². The Hall–Kier alpha value is -2.46. The highest BCUT2D eigenvalue weighted by Gasteiger charge is 2.56. The lowest BCUT2D eigenvalue weighted by atomic mass is 9.94. The average molecular weight is 400 g/mol. The number of carbonyl (C=O) groups is 3. The zero-order valence-electron chi connectivity index (χ0n) is 14.9. The summed E-state index contributed by atoms with van der Waals surface area (Å²) < 4.78 is 15.6. The van der Waals surface area contributed by atoms with Crippen LogP contribution in [0, 0.1) is 0 Å². The summed E-state index contributed by atoms with van der Waals surface area (Å²) in [6.45, 7) is 3.39. The number of ether oxygens (including phenoxy) is 3. The Morgan fingerprint density at radius 3 is 2.15 bits per heavy atom. The van der Waals surface area contributed by atoms with E-state index in [1.54, 1.807) is 0 Å². The lowest BCUT2D eigenvalue weighted by Gasteiger charge is -2.45. The van der Waals surface area contributed by atoms with Crippen molar-refractivity contribution in [1.82, 2.24) is 0 Å².